The fraction of sp³-hybridized carbons (Fsp3) is 0.733. The number of hydrogen-bond donors (Lipinski definition) is 18. The van der Waals surface area contributed by atoms with E-state index in [1.807, 2.05) is 5.32 Å². The number of carbonyl (C=O) groups excluding carboxylic acids is 7. The van der Waals surface area contributed by atoms with Gasteiger partial charge in [-0.3, -0.25) is 34.2 Å². The Morgan fingerprint density at radius 1 is 0.636 bits per heavy atom. The zero-order chi connectivity index (χ0) is 41.9. The Balaban J connectivity index is 3.08. The normalized spacial score (nSPS) is 21.9. The molecule has 1 aliphatic carbocycles. The van der Waals surface area contributed by atoms with E-state index in [1.54, 1.807) is 6.92 Å². The van der Waals surface area contributed by atoms with E-state index in [4.69, 9.17) is 16.9 Å². The largest absolute Gasteiger partial charge is 0.394 e. The zero-order valence-electron chi connectivity index (χ0n) is 30.2. The summed E-state index contributed by atoms with van der Waals surface area (Å²) in [4.78, 5) is 89.0. The van der Waals surface area contributed by atoms with E-state index in [-0.39, 0.29) is 45.3 Å². The van der Waals surface area contributed by atoms with Crippen LogP contribution in [0.1, 0.15) is 45.4 Å². The summed E-state index contributed by atoms with van der Waals surface area (Å²) in [5.41, 5.74) is 7.84. The average molecular weight is 794 g/mol. The smallest absolute Gasteiger partial charge is 0.312 e. The standard InChI is InChI=1S/C30H55N11O14/c1-2-34-22(48)14(5-4-8-36-29(33)54)37-24(50)16(11-42)39-23(49)15(6-3-7-35-28(31)32)38-25(51)17(12-43)40-26(52)18(13-44)41-27(53)30(55)9-19(45)21(47)20(46)10-30/h14-21,42-47,55H,2-13H2,1H3,(H,34,48)(H,37,50)(H,38,51)(H,39,49)(H,40,52)(H,41,53)(H4,31,32,35)(H3,33,36,54)/t14-,15-,16-,17+,18+,19?,20?,21?,30?/m0/s1. The van der Waals surface area contributed by atoms with Crippen molar-refractivity contribution >= 4 is 47.4 Å². The molecule has 25 nitrogen and oxygen atoms in total. The molecule has 0 aliphatic heterocycles. The number of rotatable bonds is 23. The molecule has 25 heteroatoms. The number of guanidine groups is 1. The van der Waals surface area contributed by atoms with Gasteiger partial charge in [-0.1, -0.05) is 0 Å². The van der Waals surface area contributed by atoms with E-state index >= 15 is 0 Å². The summed E-state index contributed by atoms with van der Waals surface area (Å²) < 4.78 is 0. The molecule has 2 unspecified atom stereocenters. The van der Waals surface area contributed by atoms with Crippen molar-refractivity contribution in [3.8, 4) is 0 Å². The van der Waals surface area contributed by atoms with Crippen molar-refractivity contribution in [3.63, 3.8) is 0 Å². The van der Waals surface area contributed by atoms with Crippen LogP contribution in [-0.4, -0.2) is 177 Å². The van der Waals surface area contributed by atoms with Crippen molar-refractivity contribution < 1.29 is 69.3 Å². The van der Waals surface area contributed by atoms with Crippen LogP contribution in [0.3, 0.4) is 0 Å². The predicted molar refractivity (Wildman–Crippen MR) is 188 cm³/mol. The van der Waals surface area contributed by atoms with Gasteiger partial charge < -0.3 is 89.7 Å². The van der Waals surface area contributed by atoms with Crippen LogP contribution in [0.5, 0.6) is 0 Å². The van der Waals surface area contributed by atoms with Gasteiger partial charge in [0.2, 0.25) is 29.5 Å². The van der Waals surface area contributed by atoms with Crippen molar-refractivity contribution in [1.82, 2.24) is 42.5 Å². The van der Waals surface area contributed by atoms with Crippen LogP contribution in [-0.2, 0) is 28.8 Å². The molecular formula is C30H55N11O14. The Bertz CT molecular complexity index is 1330. The Labute approximate surface area is 315 Å². The van der Waals surface area contributed by atoms with Gasteiger partial charge >= 0.3 is 6.03 Å². The molecule has 55 heavy (non-hydrogen) atoms. The van der Waals surface area contributed by atoms with Gasteiger partial charge in [-0.05, 0) is 32.6 Å². The fourth-order valence-electron chi connectivity index (χ4n) is 5.30. The second-order valence-electron chi connectivity index (χ2n) is 12.7. The first-order chi connectivity index (χ1) is 25.8. The number of carbonyl (C=O) groups is 7. The van der Waals surface area contributed by atoms with Crippen LogP contribution in [0, 0.1) is 5.41 Å². The number of aliphatic hydroxyl groups excluding tert-OH is 6. The molecular weight excluding hydrogens is 738 g/mol. The number of aliphatic hydroxyl groups is 7. The van der Waals surface area contributed by atoms with Gasteiger partial charge in [-0.2, -0.15) is 0 Å². The Morgan fingerprint density at radius 2 is 1.02 bits per heavy atom. The summed E-state index contributed by atoms with van der Waals surface area (Å²) in [6.07, 6.45) is -6.42. The maximum atomic E-state index is 13.4. The first-order valence-corrected chi connectivity index (χ1v) is 17.3. The summed E-state index contributed by atoms with van der Waals surface area (Å²) in [5.74, 6) is -6.76. The summed E-state index contributed by atoms with van der Waals surface area (Å²) >= 11 is 0. The molecule has 7 atom stereocenters. The number of nitrogens with two attached hydrogens (primary N) is 2. The van der Waals surface area contributed by atoms with E-state index in [1.165, 1.54) is 0 Å². The molecule has 0 heterocycles. The summed E-state index contributed by atoms with van der Waals surface area (Å²) in [6.45, 7) is -1.18. The van der Waals surface area contributed by atoms with E-state index in [0.29, 0.717) is 0 Å². The van der Waals surface area contributed by atoms with Crippen LogP contribution >= 0.6 is 0 Å². The highest BCUT2D eigenvalue weighted by atomic mass is 16.4. The SMILES string of the molecule is CCNC(=O)[C@H](CCCNC(N)=O)NC(=O)[C@H](CO)NC(=O)[C@H](CCCNC(=N)N)NC(=O)[C@@H](CO)NC(=O)[C@@H](CO)NC(=O)C1(O)CC(O)C(O)C(O)C1. The molecule has 0 aromatic rings. The third-order valence-corrected chi connectivity index (χ3v) is 8.31. The number of likely N-dealkylation sites (N-methyl/N-ethyl adjacent to an activating group) is 1. The summed E-state index contributed by atoms with van der Waals surface area (Å²) in [6, 6.07) is -8.79. The highest BCUT2D eigenvalue weighted by Crippen LogP contribution is 2.29. The Kier molecular flexibility index (Phi) is 20.8. The van der Waals surface area contributed by atoms with E-state index in [2.05, 4.69) is 37.2 Å². The quantitative estimate of drug-likeness (QED) is 0.0259. The third-order valence-electron chi connectivity index (χ3n) is 8.31. The van der Waals surface area contributed by atoms with E-state index in [9.17, 15) is 69.3 Å². The van der Waals surface area contributed by atoms with Gasteiger partial charge in [0, 0.05) is 32.5 Å². The average Bonchev–Trinajstić information content (AvgIpc) is 3.12. The lowest BCUT2D eigenvalue weighted by Crippen LogP contribution is -2.63. The highest BCUT2D eigenvalue weighted by Gasteiger charge is 2.49. The van der Waals surface area contributed by atoms with Crippen molar-refractivity contribution in [2.45, 2.75) is 99.6 Å². The highest BCUT2D eigenvalue weighted by molar-refractivity contribution is 5.97. The van der Waals surface area contributed by atoms with Gasteiger partial charge in [-0.25, -0.2) is 4.79 Å². The minimum absolute atomic E-state index is 0.0259. The molecule has 1 fully saturated rings. The van der Waals surface area contributed by atoms with Crippen LogP contribution in [0.2, 0.25) is 0 Å². The topological polar surface area (TPSA) is 433 Å². The second-order valence-corrected chi connectivity index (χ2v) is 12.7. The molecule has 1 saturated carbocycles. The maximum Gasteiger partial charge on any atom is 0.312 e. The van der Waals surface area contributed by atoms with Crippen LogP contribution in [0.15, 0.2) is 0 Å². The zero-order valence-corrected chi connectivity index (χ0v) is 30.2. The van der Waals surface area contributed by atoms with E-state index in [0.717, 1.165) is 0 Å². The Morgan fingerprint density at radius 3 is 1.42 bits per heavy atom. The van der Waals surface area contributed by atoms with Crippen molar-refractivity contribution in [3.05, 3.63) is 0 Å². The van der Waals surface area contributed by atoms with Crippen molar-refractivity contribution in [1.29, 1.82) is 5.41 Å². The lowest BCUT2D eigenvalue weighted by Gasteiger charge is -2.39. The molecule has 0 spiro atoms. The Hall–Kier alpha value is -4.92. The maximum absolute atomic E-state index is 13.4. The summed E-state index contributed by atoms with van der Waals surface area (Å²) in [5, 5.41) is 95.6. The van der Waals surface area contributed by atoms with Crippen molar-refractivity contribution in [2.24, 2.45) is 11.5 Å². The monoisotopic (exact) mass is 793 g/mol. The first-order valence-electron chi connectivity index (χ1n) is 17.3. The van der Waals surface area contributed by atoms with Crippen LogP contribution in [0.25, 0.3) is 0 Å². The number of hydrogen-bond acceptors (Lipinski definition) is 15. The molecule has 1 aliphatic rings. The van der Waals surface area contributed by atoms with Gasteiger partial charge in [0.15, 0.2) is 5.96 Å². The minimum Gasteiger partial charge on any atom is -0.394 e. The van der Waals surface area contributed by atoms with Crippen molar-refractivity contribution in [2.75, 3.05) is 39.5 Å². The predicted octanol–water partition coefficient (Wildman–Crippen LogP) is -9.16. The van der Waals surface area contributed by atoms with Crippen LogP contribution in [0.4, 0.5) is 4.79 Å². The summed E-state index contributed by atoms with van der Waals surface area (Å²) in [7, 11) is 0. The van der Waals surface area contributed by atoms with Gasteiger partial charge in [0.05, 0.1) is 32.0 Å². The number of urea groups is 1. The van der Waals surface area contributed by atoms with Gasteiger partial charge in [0.25, 0.3) is 5.91 Å². The molecule has 0 aromatic heterocycles. The molecule has 0 saturated heterocycles. The molecule has 314 valence electrons. The number of amides is 8. The van der Waals surface area contributed by atoms with Crippen LogP contribution < -0.4 is 54.0 Å². The molecule has 0 radical (unpaired) electrons. The fourth-order valence-corrected chi connectivity index (χ4v) is 5.30. The third kappa shape index (κ3) is 16.1. The first kappa shape index (κ1) is 48.1. The van der Waals surface area contributed by atoms with E-state index < -0.39 is 134 Å². The van der Waals surface area contributed by atoms with Gasteiger partial charge in [0.1, 0.15) is 41.9 Å². The second kappa shape index (κ2) is 23.8. The molecule has 1 rings (SSSR count). The van der Waals surface area contributed by atoms with Gasteiger partial charge in [-0.15, -0.1) is 0 Å². The molecule has 0 aromatic carbocycles. The lowest BCUT2D eigenvalue weighted by molar-refractivity contribution is -0.174. The number of primary amides is 1. The molecule has 0 bridgehead atoms. The number of nitrogens with one attached hydrogen (secondary N) is 9. The minimum atomic E-state index is -2.47. The molecule has 20 N–H and O–H groups in total. The lowest BCUT2D eigenvalue weighted by atomic mass is 9.79. The molecule has 8 amide bonds.